The van der Waals surface area contributed by atoms with E-state index in [1.807, 2.05) is 18.2 Å². The second-order valence-electron chi connectivity index (χ2n) is 5.34. The molecule has 2 rings (SSSR count). The minimum absolute atomic E-state index is 0.0853. The van der Waals surface area contributed by atoms with Crippen LogP contribution in [0, 0.1) is 11.3 Å². The first-order valence-electron chi connectivity index (χ1n) is 6.94. The summed E-state index contributed by atoms with van der Waals surface area (Å²) in [6.07, 6.45) is 2.63. The van der Waals surface area contributed by atoms with Crippen molar-refractivity contribution in [2.75, 3.05) is 25.2 Å². The first-order valence-corrected chi connectivity index (χ1v) is 7.73. The lowest BCUT2D eigenvalue weighted by molar-refractivity contribution is 0.202. The fraction of sp³-hybridized carbons (Fsp3) is 0.533. The Kier molecular flexibility index (Phi) is 5.05. The number of hydrogen-bond acceptors (Lipinski definition) is 3. The number of rotatable bonds is 7. The summed E-state index contributed by atoms with van der Waals surface area (Å²) < 4.78 is 6.10. The predicted octanol–water partition coefficient (Wildman–Crippen LogP) is 2.98. The van der Waals surface area contributed by atoms with Gasteiger partial charge < -0.3 is 15.4 Å². The van der Waals surface area contributed by atoms with E-state index in [9.17, 15) is 0 Å². The van der Waals surface area contributed by atoms with E-state index >= 15 is 0 Å². The van der Waals surface area contributed by atoms with E-state index in [1.165, 1.54) is 12.8 Å². The summed E-state index contributed by atoms with van der Waals surface area (Å²) in [7, 11) is 1.73. The molecule has 0 aliphatic heterocycles. The number of nitrogens with one attached hydrogen (secondary N) is 1. The van der Waals surface area contributed by atoms with Crippen LogP contribution in [-0.4, -0.2) is 32.1 Å². The van der Waals surface area contributed by atoms with Gasteiger partial charge in [-0.3, -0.25) is 5.41 Å². The maximum absolute atomic E-state index is 7.54. The first-order chi connectivity index (χ1) is 9.54. The highest BCUT2D eigenvalue weighted by Crippen LogP contribution is 2.37. The zero-order chi connectivity index (χ0) is 14.7. The Morgan fingerprint density at radius 1 is 1.55 bits per heavy atom. The van der Waals surface area contributed by atoms with Crippen LogP contribution in [0.1, 0.15) is 25.3 Å². The summed E-state index contributed by atoms with van der Waals surface area (Å²) in [5.41, 5.74) is 7.45. The Morgan fingerprint density at radius 3 is 2.75 bits per heavy atom. The fourth-order valence-electron chi connectivity index (χ4n) is 2.49. The van der Waals surface area contributed by atoms with Crippen LogP contribution in [0.15, 0.2) is 22.7 Å². The van der Waals surface area contributed by atoms with Gasteiger partial charge in [-0.15, -0.1) is 0 Å². The van der Waals surface area contributed by atoms with E-state index in [4.69, 9.17) is 15.9 Å². The van der Waals surface area contributed by atoms with Crippen LogP contribution in [-0.2, 0) is 4.74 Å². The van der Waals surface area contributed by atoms with Crippen molar-refractivity contribution in [2.45, 2.75) is 25.8 Å². The lowest BCUT2D eigenvalue weighted by atomic mass is 10.1. The smallest absolute Gasteiger partial charge is 0.123 e. The van der Waals surface area contributed by atoms with E-state index in [0.717, 1.165) is 28.2 Å². The van der Waals surface area contributed by atoms with Crippen molar-refractivity contribution in [3.63, 3.8) is 0 Å². The van der Waals surface area contributed by atoms with Gasteiger partial charge >= 0.3 is 0 Å². The molecule has 110 valence electrons. The van der Waals surface area contributed by atoms with Gasteiger partial charge in [0, 0.05) is 35.4 Å². The number of nitrogens with zero attached hydrogens (tertiary/aromatic N) is 1. The molecule has 1 saturated carbocycles. The number of halogens is 1. The normalized spacial score (nSPS) is 15.9. The number of anilines is 1. The minimum atomic E-state index is 0.0853. The van der Waals surface area contributed by atoms with Gasteiger partial charge in [0.05, 0.1) is 6.61 Å². The third kappa shape index (κ3) is 3.52. The summed E-state index contributed by atoms with van der Waals surface area (Å²) in [5.74, 6) is 0.875. The Morgan fingerprint density at radius 2 is 2.25 bits per heavy atom. The van der Waals surface area contributed by atoms with Gasteiger partial charge in [-0.2, -0.15) is 0 Å². The molecule has 1 aliphatic rings. The third-order valence-corrected chi connectivity index (χ3v) is 4.56. The van der Waals surface area contributed by atoms with Crippen molar-refractivity contribution >= 4 is 27.5 Å². The highest BCUT2D eigenvalue weighted by atomic mass is 79.9. The van der Waals surface area contributed by atoms with Crippen molar-refractivity contribution in [3.8, 4) is 0 Å². The number of hydrogen-bond donors (Lipinski definition) is 2. The second-order valence-corrected chi connectivity index (χ2v) is 6.20. The van der Waals surface area contributed by atoms with Crippen molar-refractivity contribution in [1.29, 1.82) is 5.41 Å². The van der Waals surface area contributed by atoms with Gasteiger partial charge in [-0.05, 0) is 59.8 Å². The van der Waals surface area contributed by atoms with Crippen LogP contribution in [0.25, 0.3) is 0 Å². The fourth-order valence-corrected chi connectivity index (χ4v) is 3.07. The molecule has 0 saturated heterocycles. The molecule has 0 heterocycles. The van der Waals surface area contributed by atoms with E-state index in [-0.39, 0.29) is 5.84 Å². The van der Waals surface area contributed by atoms with Crippen LogP contribution in [0.2, 0.25) is 0 Å². The molecule has 5 heteroatoms. The van der Waals surface area contributed by atoms with Crippen LogP contribution in [0.5, 0.6) is 0 Å². The number of nitrogen functional groups attached to an aromatic ring is 1. The second kappa shape index (κ2) is 6.59. The van der Waals surface area contributed by atoms with E-state index in [2.05, 4.69) is 27.8 Å². The van der Waals surface area contributed by atoms with Gasteiger partial charge in [-0.1, -0.05) is 0 Å². The Balaban J connectivity index is 2.23. The number of ether oxygens (including phenoxy) is 1. The third-order valence-electron chi connectivity index (χ3n) is 3.91. The quantitative estimate of drug-likeness (QED) is 0.593. The molecule has 0 bridgehead atoms. The Hall–Kier alpha value is -1.07. The lowest BCUT2D eigenvalue weighted by Gasteiger charge is -2.31. The summed E-state index contributed by atoms with van der Waals surface area (Å²) in [6.45, 7) is 3.86. The van der Waals surface area contributed by atoms with Crippen LogP contribution in [0.4, 0.5) is 5.69 Å². The van der Waals surface area contributed by atoms with E-state index < -0.39 is 0 Å². The maximum atomic E-state index is 7.54. The topological polar surface area (TPSA) is 62.3 Å². The standard InChI is InChI=1S/C15H22BrN3O/c1-10(11-3-4-11)19(7-8-20-2)12-5-6-13(15(17)18)14(16)9-12/h5-6,9-11H,3-4,7-8H2,1-2H3,(H3,17,18). The minimum Gasteiger partial charge on any atom is -0.384 e. The van der Waals surface area contributed by atoms with Crippen LogP contribution in [0.3, 0.4) is 0 Å². The summed E-state index contributed by atoms with van der Waals surface area (Å²) in [5, 5.41) is 7.54. The number of amidine groups is 1. The molecular weight excluding hydrogens is 318 g/mol. The highest BCUT2D eigenvalue weighted by Gasteiger charge is 2.32. The number of benzene rings is 1. The summed E-state index contributed by atoms with van der Waals surface area (Å²) in [6, 6.07) is 6.50. The largest absolute Gasteiger partial charge is 0.384 e. The monoisotopic (exact) mass is 339 g/mol. The molecule has 1 fully saturated rings. The number of methoxy groups -OCH3 is 1. The highest BCUT2D eigenvalue weighted by molar-refractivity contribution is 9.10. The van der Waals surface area contributed by atoms with Crippen molar-refractivity contribution in [3.05, 3.63) is 28.2 Å². The summed E-state index contributed by atoms with van der Waals surface area (Å²) >= 11 is 3.51. The predicted molar refractivity (Wildman–Crippen MR) is 86.6 cm³/mol. The van der Waals surface area contributed by atoms with Crippen LogP contribution < -0.4 is 10.6 Å². The first kappa shape index (κ1) is 15.3. The molecule has 1 atom stereocenters. The van der Waals surface area contributed by atoms with Gasteiger partial charge in [0.1, 0.15) is 5.84 Å². The molecule has 0 radical (unpaired) electrons. The average molecular weight is 340 g/mol. The molecule has 0 amide bonds. The maximum Gasteiger partial charge on any atom is 0.123 e. The molecule has 1 unspecified atom stereocenters. The molecule has 4 nitrogen and oxygen atoms in total. The van der Waals surface area contributed by atoms with E-state index in [1.54, 1.807) is 7.11 Å². The Bertz CT molecular complexity index is 488. The van der Waals surface area contributed by atoms with Gasteiger partial charge in [0.15, 0.2) is 0 Å². The zero-order valence-electron chi connectivity index (χ0n) is 12.0. The molecule has 1 aliphatic carbocycles. The van der Waals surface area contributed by atoms with E-state index in [0.29, 0.717) is 12.6 Å². The van der Waals surface area contributed by atoms with Gasteiger partial charge in [0.25, 0.3) is 0 Å². The van der Waals surface area contributed by atoms with Crippen molar-refractivity contribution in [2.24, 2.45) is 11.7 Å². The SMILES string of the molecule is COCCN(c1ccc(C(=N)N)c(Br)c1)C(C)C1CC1. The summed E-state index contributed by atoms with van der Waals surface area (Å²) in [4.78, 5) is 2.38. The molecule has 1 aromatic carbocycles. The van der Waals surface area contributed by atoms with Crippen molar-refractivity contribution < 1.29 is 4.74 Å². The number of nitrogens with two attached hydrogens (primary N) is 1. The van der Waals surface area contributed by atoms with Gasteiger partial charge in [0.2, 0.25) is 0 Å². The molecule has 3 N–H and O–H groups in total. The van der Waals surface area contributed by atoms with Crippen LogP contribution >= 0.6 is 15.9 Å². The van der Waals surface area contributed by atoms with Gasteiger partial charge in [-0.25, -0.2) is 0 Å². The zero-order valence-corrected chi connectivity index (χ0v) is 13.6. The molecule has 20 heavy (non-hydrogen) atoms. The molecule has 0 aromatic heterocycles. The molecule has 0 spiro atoms. The van der Waals surface area contributed by atoms with Crippen molar-refractivity contribution in [1.82, 2.24) is 0 Å². The Labute approximate surface area is 128 Å². The molecule has 1 aromatic rings. The average Bonchev–Trinajstić information content (AvgIpc) is 3.22. The lowest BCUT2D eigenvalue weighted by Crippen LogP contribution is -2.37. The molecular formula is C15H22BrN3O.